The molecule has 1 nitrogen and oxygen atoms in total. The van der Waals surface area contributed by atoms with Crippen LogP contribution in [0.3, 0.4) is 0 Å². The number of thiophene rings is 1. The standard InChI is InChI=1S/C10H9IOS/c1-6-9(11)3-2-7-4-8(5-12)13-10(6)7/h2-4,12H,5H2,1H3. The maximum Gasteiger partial charge on any atom is 0.0774 e. The molecule has 68 valence electrons. The molecule has 0 aliphatic heterocycles. The summed E-state index contributed by atoms with van der Waals surface area (Å²) in [5, 5.41) is 10.2. The van der Waals surface area contributed by atoms with Crippen LogP contribution in [-0.4, -0.2) is 5.11 Å². The maximum absolute atomic E-state index is 9.01. The van der Waals surface area contributed by atoms with Gasteiger partial charge in [0.25, 0.3) is 0 Å². The van der Waals surface area contributed by atoms with Gasteiger partial charge in [0.1, 0.15) is 0 Å². The van der Waals surface area contributed by atoms with Gasteiger partial charge in [-0.1, -0.05) is 6.07 Å². The van der Waals surface area contributed by atoms with E-state index in [2.05, 4.69) is 47.7 Å². The van der Waals surface area contributed by atoms with E-state index in [-0.39, 0.29) is 6.61 Å². The quantitative estimate of drug-likeness (QED) is 0.802. The number of aliphatic hydroxyl groups is 1. The van der Waals surface area contributed by atoms with Gasteiger partial charge >= 0.3 is 0 Å². The van der Waals surface area contributed by atoms with Crippen molar-refractivity contribution in [3.8, 4) is 0 Å². The molecular formula is C10H9IOS. The zero-order chi connectivity index (χ0) is 9.42. The van der Waals surface area contributed by atoms with Gasteiger partial charge in [0, 0.05) is 13.1 Å². The van der Waals surface area contributed by atoms with E-state index in [1.54, 1.807) is 11.3 Å². The van der Waals surface area contributed by atoms with Crippen LogP contribution >= 0.6 is 33.9 Å². The van der Waals surface area contributed by atoms with Gasteiger partial charge in [-0.2, -0.15) is 0 Å². The van der Waals surface area contributed by atoms with Crippen LogP contribution < -0.4 is 0 Å². The number of benzene rings is 1. The Hall–Kier alpha value is -0.130. The Morgan fingerprint density at radius 2 is 2.23 bits per heavy atom. The molecule has 0 bridgehead atoms. The number of rotatable bonds is 1. The van der Waals surface area contributed by atoms with Crippen LogP contribution in [0.4, 0.5) is 0 Å². The number of hydrogen-bond acceptors (Lipinski definition) is 2. The maximum atomic E-state index is 9.01. The predicted octanol–water partition coefficient (Wildman–Crippen LogP) is 3.31. The minimum absolute atomic E-state index is 0.148. The molecule has 0 unspecified atom stereocenters. The molecule has 2 aromatic rings. The summed E-state index contributed by atoms with van der Waals surface area (Å²) in [5.74, 6) is 0. The molecule has 0 amide bonds. The highest BCUT2D eigenvalue weighted by molar-refractivity contribution is 14.1. The van der Waals surface area contributed by atoms with Crippen molar-refractivity contribution in [2.45, 2.75) is 13.5 Å². The lowest BCUT2D eigenvalue weighted by molar-refractivity contribution is 0.285. The molecule has 0 spiro atoms. The van der Waals surface area contributed by atoms with Crippen molar-refractivity contribution in [1.29, 1.82) is 0 Å². The molecule has 0 saturated heterocycles. The smallest absolute Gasteiger partial charge is 0.0774 e. The predicted molar refractivity (Wildman–Crippen MR) is 65.2 cm³/mol. The highest BCUT2D eigenvalue weighted by Crippen LogP contribution is 2.30. The molecule has 2 rings (SSSR count). The molecule has 0 fully saturated rings. The summed E-state index contributed by atoms with van der Waals surface area (Å²) in [6, 6.07) is 6.29. The summed E-state index contributed by atoms with van der Waals surface area (Å²) in [6.07, 6.45) is 0. The lowest BCUT2D eigenvalue weighted by Crippen LogP contribution is -1.77. The average Bonchev–Trinajstić information content (AvgIpc) is 2.55. The Morgan fingerprint density at radius 1 is 1.46 bits per heavy atom. The van der Waals surface area contributed by atoms with Crippen LogP contribution in [-0.2, 0) is 6.61 Å². The van der Waals surface area contributed by atoms with E-state index in [0.29, 0.717) is 0 Å². The van der Waals surface area contributed by atoms with E-state index in [1.165, 1.54) is 19.2 Å². The molecule has 0 aliphatic rings. The van der Waals surface area contributed by atoms with Gasteiger partial charge in [-0.3, -0.25) is 0 Å². The summed E-state index contributed by atoms with van der Waals surface area (Å²) in [6.45, 7) is 2.27. The summed E-state index contributed by atoms with van der Waals surface area (Å²) in [5.41, 5.74) is 1.32. The first-order valence-corrected chi connectivity index (χ1v) is 5.90. The Balaban J connectivity index is 2.76. The number of halogens is 1. The van der Waals surface area contributed by atoms with E-state index >= 15 is 0 Å². The number of aryl methyl sites for hydroxylation is 1. The fraction of sp³-hybridized carbons (Fsp3) is 0.200. The lowest BCUT2D eigenvalue weighted by Gasteiger charge is -1.97. The molecule has 3 heteroatoms. The van der Waals surface area contributed by atoms with E-state index in [1.807, 2.05) is 0 Å². The Labute approximate surface area is 94.5 Å². The second-order valence-electron chi connectivity index (χ2n) is 2.96. The van der Waals surface area contributed by atoms with Gasteiger partial charge in [0.2, 0.25) is 0 Å². The van der Waals surface area contributed by atoms with Gasteiger partial charge in [-0.05, 0) is 52.6 Å². The van der Waals surface area contributed by atoms with Crippen molar-refractivity contribution >= 4 is 44.0 Å². The highest BCUT2D eigenvalue weighted by atomic mass is 127. The summed E-state index contributed by atoms with van der Waals surface area (Å²) in [7, 11) is 0. The van der Waals surface area contributed by atoms with Crippen LogP contribution in [0.2, 0.25) is 0 Å². The van der Waals surface area contributed by atoms with E-state index in [9.17, 15) is 0 Å². The molecule has 1 heterocycles. The number of fused-ring (bicyclic) bond motifs is 1. The van der Waals surface area contributed by atoms with Crippen LogP contribution in [0.5, 0.6) is 0 Å². The Morgan fingerprint density at radius 3 is 2.92 bits per heavy atom. The fourth-order valence-electron chi connectivity index (χ4n) is 1.35. The Kier molecular flexibility index (Phi) is 2.58. The first kappa shape index (κ1) is 9.43. The van der Waals surface area contributed by atoms with Crippen LogP contribution in [0.15, 0.2) is 18.2 Å². The topological polar surface area (TPSA) is 20.2 Å². The first-order chi connectivity index (χ1) is 6.22. The van der Waals surface area contributed by atoms with Crippen LogP contribution in [0.1, 0.15) is 10.4 Å². The zero-order valence-electron chi connectivity index (χ0n) is 7.17. The van der Waals surface area contributed by atoms with Crippen molar-refractivity contribution in [1.82, 2.24) is 0 Å². The van der Waals surface area contributed by atoms with Gasteiger partial charge < -0.3 is 5.11 Å². The van der Waals surface area contributed by atoms with Crippen LogP contribution in [0.25, 0.3) is 10.1 Å². The molecule has 1 aromatic heterocycles. The van der Waals surface area contributed by atoms with Gasteiger partial charge in [-0.15, -0.1) is 11.3 Å². The molecule has 13 heavy (non-hydrogen) atoms. The highest BCUT2D eigenvalue weighted by Gasteiger charge is 2.05. The van der Waals surface area contributed by atoms with Crippen molar-refractivity contribution in [2.24, 2.45) is 0 Å². The molecular weight excluding hydrogens is 295 g/mol. The minimum Gasteiger partial charge on any atom is -0.391 e. The fourth-order valence-corrected chi connectivity index (χ4v) is 3.00. The van der Waals surface area contributed by atoms with Crippen molar-refractivity contribution < 1.29 is 5.11 Å². The third-order valence-corrected chi connectivity index (χ3v) is 4.50. The molecule has 0 atom stereocenters. The summed E-state index contributed by atoms with van der Waals surface area (Å²) >= 11 is 4.02. The van der Waals surface area contributed by atoms with Crippen molar-refractivity contribution in [2.75, 3.05) is 0 Å². The minimum atomic E-state index is 0.148. The normalized spacial score (nSPS) is 11.0. The average molecular weight is 304 g/mol. The molecule has 1 aromatic carbocycles. The van der Waals surface area contributed by atoms with E-state index in [4.69, 9.17) is 5.11 Å². The SMILES string of the molecule is Cc1c(I)ccc2cc(CO)sc12. The second-order valence-corrected chi connectivity index (χ2v) is 5.26. The van der Waals surface area contributed by atoms with Gasteiger partial charge in [0.05, 0.1) is 6.61 Å². The number of hydrogen-bond donors (Lipinski definition) is 1. The molecule has 0 saturated carbocycles. The zero-order valence-corrected chi connectivity index (χ0v) is 10.1. The summed E-state index contributed by atoms with van der Waals surface area (Å²) in [4.78, 5) is 1.04. The van der Waals surface area contributed by atoms with Gasteiger partial charge in [0.15, 0.2) is 0 Å². The lowest BCUT2D eigenvalue weighted by atomic mass is 10.2. The Bertz CT molecular complexity index is 447. The monoisotopic (exact) mass is 304 g/mol. The second kappa shape index (κ2) is 3.55. The number of aliphatic hydroxyl groups excluding tert-OH is 1. The third-order valence-electron chi connectivity index (χ3n) is 2.08. The first-order valence-electron chi connectivity index (χ1n) is 4.01. The molecule has 0 aliphatic carbocycles. The van der Waals surface area contributed by atoms with Crippen LogP contribution in [0, 0.1) is 10.5 Å². The largest absolute Gasteiger partial charge is 0.391 e. The van der Waals surface area contributed by atoms with Gasteiger partial charge in [-0.25, -0.2) is 0 Å². The molecule has 0 radical (unpaired) electrons. The van der Waals surface area contributed by atoms with Crippen molar-refractivity contribution in [3.63, 3.8) is 0 Å². The van der Waals surface area contributed by atoms with Crippen molar-refractivity contribution in [3.05, 3.63) is 32.2 Å². The van der Waals surface area contributed by atoms with E-state index in [0.717, 1.165) is 4.88 Å². The van der Waals surface area contributed by atoms with E-state index < -0.39 is 0 Å². The third kappa shape index (κ3) is 1.60. The summed E-state index contributed by atoms with van der Waals surface area (Å²) < 4.78 is 2.59. The molecule has 1 N–H and O–H groups in total.